The van der Waals surface area contributed by atoms with Crippen molar-refractivity contribution in [3.05, 3.63) is 29.3 Å². The van der Waals surface area contributed by atoms with Crippen molar-refractivity contribution in [3.8, 4) is 11.8 Å². The van der Waals surface area contributed by atoms with E-state index in [1.165, 1.54) is 11.1 Å². The fourth-order valence-corrected chi connectivity index (χ4v) is 1.84. The fraction of sp³-hybridized carbons (Fsp3) is 0.533. The lowest BCUT2D eigenvalue weighted by Gasteiger charge is -2.13. The minimum absolute atomic E-state index is 0.132. The molecule has 1 unspecified atom stereocenters. The molecule has 0 aromatic heterocycles. The molecule has 0 radical (unpaired) electrons. The second-order valence-corrected chi connectivity index (χ2v) is 4.76. The third-order valence-electron chi connectivity index (χ3n) is 2.70. The summed E-state index contributed by atoms with van der Waals surface area (Å²) in [7, 11) is 0. The molecule has 0 bridgehead atoms. The molecule has 3 heteroatoms. The first-order valence-electron chi connectivity index (χ1n) is 6.48. The summed E-state index contributed by atoms with van der Waals surface area (Å²) in [5.41, 5.74) is 8.24. The molecule has 0 fully saturated rings. The van der Waals surface area contributed by atoms with Crippen molar-refractivity contribution in [3.63, 3.8) is 0 Å². The summed E-state index contributed by atoms with van der Waals surface area (Å²) in [5.74, 6) is 0.926. The number of rotatable bonds is 7. The van der Waals surface area contributed by atoms with Crippen LogP contribution in [0.1, 0.15) is 37.3 Å². The predicted molar refractivity (Wildman–Crippen MR) is 73.5 cm³/mol. The van der Waals surface area contributed by atoms with Crippen LogP contribution in [0.4, 0.5) is 0 Å². The predicted octanol–water partition coefficient (Wildman–Crippen LogP) is 2.96. The van der Waals surface area contributed by atoms with E-state index >= 15 is 0 Å². The monoisotopic (exact) mass is 246 g/mol. The van der Waals surface area contributed by atoms with Gasteiger partial charge >= 0.3 is 0 Å². The second kappa shape index (κ2) is 7.73. The molecule has 0 saturated heterocycles. The van der Waals surface area contributed by atoms with Gasteiger partial charge in [-0.25, -0.2) is 0 Å². The second-order valence-electron chi connectivity index (χ2n) is 4.76. The van der Waals surface area contributed by atoms with Gasteiger partial charge in [0.15, 0.2) is 0 Å². The van der Waals surface area contributed by atoms with Crippen LogP contribution in [0.3, 0.4) is 0 Å². The molecule has 2 N–H and O–H groups in total. The number of ether oxygens (including phenoxy) is 1. The molecular formula is C15H22N2O. The number of nitrogens with zero attached hydrogens (tertiary/aromatic N) is 1. The molecular weight excluding hydrogens is 224 g/mol. The summed E-state index contributed by atoms with van der Waals surface area (Å²) in [6, 6.07) is 8.47. The van der Waals surface area contributed by atoms with E-state index in [9.17, 15) is 0 Å². The van der Waals surface area contributed by atoms with E-state index in [1.54, 1.807) is 0 Å². The zero-order valence-corrected chi connectivity index (χ0v) is 11.3. The molecule has 1 rings (SSSR count). The molecule has 0 aliphatic rings. The van der Waals surface area contributed by atoms with E-state index < -0.39 is 0 Å². The number of unbranched alkanes of at least 4 members (excludes halogenated alkanes) is 2. The smallest absolute Gasteiger partial charge is 0.122 e. The minimum atomic E-state index is 0.132. The maximum Gasteiger partial charge on any atom is 0.122 e. The van der Waals surface area contributed by atoms with Crippen molar-refractivity contribution in [2.24, 2.45) is 5.73 Å². The molecule has 0 saturated carbocycles. The molecule has 0 aliphatic carbocycles. The van der Waals surface area contributed by atoms with E-state index in [-0.39, 0.29) is 6.04 Å². The third kappa shape index (κ3) is 5.20. The Hall–Kier alpha value is -1.53. The van der Waals surface area contributed by atoms with Gasteiger partial charge in [-0.2, -0.15) is 5.26 Å². The number of benzene rings is 1. The maximum atomic E-state index is 8.45. The fourth-order valence-electron chi connectivity index (χ4n) is 1.84. The van der Waals surface area contributed by atoms with Gasteiger partial charge in [-0.3, -0.25) is 0 Å². The van der Waals surface area contributed by atoms with Gasteiger partial charge in [0.05, 0.1) is 12.7 Å². The average molecular weight is 246 g/mol. The summed E-state index contributed by atoms with van der Waals surface area (Å²) in [4.78, 5) is 0. The zero-order chi connectivity index (χ0) is 13.4. The number of hydrogen-bond acceptors (Lipinski definition) is 3. The lowest BCUT2D eigenvalue weighted by molar-refractivity contribution is 0.304. The first-order valence-corrected chi connectivity index (χ1v) is 6.48. The molecule has 3 nitrogen and oxygen atoms in total. The minimum Gasteiger partial charge on any atom is -0.493 e. The van der Waals surface area contributed by atoms with Crippen LogP contribution in [0.15, 0.2) is 18.2 Å². The molecule has 1 atom stereocenters. The van der Waals surface area contributed by atoms with Gasteiger partial charge in [0.2, 0.25) is 0 Å². The van der Waals surface area contributed by atoms with Gasteiger partial charge in [0.25, 0.3) is 0 Å². The standard InChI is InChI=1S/C15H22N2O/c1-12-6-7-15(14(10-12)11-13(2)17)18-9-5-3-4-8-16/h6-7,10,13H,3-5,9,11,17H2,1-2H3. The van der Waals surface area contributed by atoms with Crippen LogP contribution >= 0.6 is 0 Å². The SMILES string of the molecule is Cc1ccc(OCCCCC#N)c(CC(C)N)c1. The highest BCUT2D eigenvalue weighted by Crippen LogP contribution is 2.21. The van der Waals surface area contributed by atoms with Crippen LogP contribution in [0.2, 0.25) is 0 Å². The largest absolute Gasteiger partial charge is 0.493 e. The van der Waals surface area contributed by atoms with Crippen LogP contribution < -0.4 is 10.5 Å². The van der Waals surface area contributed by atoms with Crippen molar-refractivity contribution in [2.45, 2.75) is 45.6 Å². The average Bonchev–Trinajstić information content (AvgIpc) is 2.30. The van der Waals surface area contributed by atoms with Gasteiger partial charge in [-0.05, 0) is 44.7 Å². The van der Waals surface area contributed by atoms with Crippen molar-refractivity contribution in [1.29, 1.82) is 5.26 Å². The number of aryl methyl sites for hydroxylation is 1. The number of nitriles is 1. The van der Waals surface area contributed by atoms with E-state index in [0.29, 0.717) is 13.0 Å². The first kappa shape index (κ1) is 14.5. The van der Waals surface area contributed by atoms with E-state index in [0.717, 1.165) is 25.0 Å². The maximum absolute atomic E-state index is 8.45. The van der Waals surface area contributed by atoms with Crippen molar-refractivity contribution >= 4 is 0 Å². The molecule has 98 valence electrons. The normalized spacial score (nSPS) is 11.9. The van der Waals surface area contributed by atoms with Gasteiger partial charge in [-0.15, -0.1) is 0 Å². The summed E-state index contributed by atoms with van der Waals surface area (Å²) >= 11 is 0. The molecule has 1 aromatic carbocycles. The van der Waals surface area contributed by atoms with Crippen molar-refractivity contribution < 1.29 is 4.74 Å². The van der Waals surface area contributed by atoms with Gasteiger partial charge < -0.3 is 10.5 Å². The van der Waals surface area contributed by atoms with Crippen molar-refractivity contribution in [2.75, 3.05) is 6.61 Å². The van der Waals surface area contributed by atoms with E-state index in [2.05, 4.69) is 25.1 Å². The summed E-state index contributed by atoms with van der Waals surface area (Å²) in [5, 5.41) is 8.45. The highest BCUT2D eigenvalue weighted by molar-refractivity contribution is 5.37. The Balaban J connectivity index is 2.55. The van der Waals surface area contributed by atoms with Gasteiger partial charge in [-0.1, -0.05) is 17.7 Å². The van der Waals surface area contributed by atoms with Crippen LogP contribution in [0.5, 0.6) is 5.75 Å². The summed E-state index contributed by atoms with van der Waals surface area (Å²) in [6.07, 6.45) is 3.24. The highest BCUT2D eigenvalue weighted by atomic mass is 16.5. The molecule has 0 heterocycles. The summed E-state index contributed by atoms with van der Waals surface area (Å²) < 4.78 is 5.77. The Bertz CT molecular complexity index is 407. The van der Waals surface area contributed by atoms with Crippen LogP contribution in [0.25, 0.3) is 0 Å². The third-order valence-corrected chi connectivity index (χ3v) is 2.70. The van der Waals surface area contributed by atoms with Crippen LogP contribution in [-0.2, 0) is 6.42 Å². The summed E-state index contributed by atoms with van der Waals surface area (Å²) in [6.45, 7) is 4.73. The van der Waals surface area contributed by atoms with Gasteiger partial charge in [0, 0.05) is 12.5 Å². The lowest BCUT2D eigenvalue weighted by atomic mass is 10.0. The molecule has 0 amide bonds. The van der Waals surface area contributed by atoms with E-state index in [4.69, 9.17) is 15.7 Å². The number of nitrogens with two attached hydrogens (primary N) is 1. The van der Waals surface area contributed by atoms with Crippen LogP contribution in [-0.4, -0.2) is 12.6 Å². The van der Waals surface area contributed by atoms with Crippen LogP contribution in [0, 0.1) is 18.3 Å². The Morgan fingerprint density at radius 2 is 2.17 bits per heavy atom. The lowest BCUT2D eigenvalue weighted by Crippen LogP contribution is -2.18. The van der Waals surface area contributed by atoms with E-state index in [1.807, 2.05) is 13.0 Å². The zero-order valence-electron chi connectivity index (χ0n) is 11.3. The molecule has 0 spiro atoms. The molecule has 1 aromatic rings. The quantitative estimate of drug-likeness (QED) is 0.752. The Kier molecular flexibility index (Phi) is 6.24. The van der Waals surface area contributed by atoms with Gasteiger partial charge in [0.1, 0.15) is 5.75 Å². The van der Waals surface area contributed by atoms with Crippen molar-refractivity contribution in [1.82, 2.24) is 0 Å². The molecule has 18 heavy (non-hydrogen) atoms. The highest BCUT2D eigenvalue weighted by Gasteiger charge is 2.06. The Morgan fingerprint density at radius 3 is 2.83 bits per heavy atom. The Labute approximate surface area is 110 Å². The Morgan fingerprint density at radius 1 is 1.39 bits per heavy atom. The first-order chi connectivity index (χ1) is 8.63. The molecule has 0 aliphatic heterocycles. The number of hydrogen-bond donors (Lipinski definition) is 1. The topological polar surface area (TPSA) is 59.0 Å².